The van der Waals surface area contributed by atoms with Crippen LogP contribution in [0.3, 0.4) is 0 Å². The number of benzene rings is 6. The molecule has 42 heavy (non-hydrogen) atoms. The highest BCUT2D eigenvalue weighted by Gasteiger charge is 2.36. The fourth-order valence-electron chi connectivity index (χ4n) is 5.48. The quantitative estimate of drug-likeness (QED) is 0.121. The molecule has 6 aromatic carbocycles. The number of nitro groups is 3. The summed E-state index contributed by atoms with van der Waals surface area (Å²) in [6.45, 7) is 2.15. The summed E-state index contributed by atoms with van der Waals surface area (Å²) in [5.41, 5.74) is -0.415. The Bertz CT molecular complexity index is 2170. The number of aryl methyl sites for hydroxylation is 1. The topological polar surface area (TPSA) is 146 Å². The lowest BCUT2D eigenvalue weighted by atomic mass is 9.96. The lowest BCUT2D eigenvalue weighted by Gasteiger charge is -2.08. The largest absolute Gasteiger partial charge is 0.289 e. The maximum atomic E-state index is 12.3. The van der Waals surface area contributed by atoms with Gasteiger partial charge < -0.3 is 0 Å². The molecule has 0 fully saturated rings. The maximum Gasteiger partial charge on any atom is 0.284 e. The average Bonchev–Trinajstić information content (AvgIpc) is 3.27. The molecule has 7 rings (SSSR count). The fourth-order valence-corrected chi connectivity index (χ4v) is 5.48. The summed E-state index contributed by atoms with van der Waals surface area (Å²) in [6, 6.07) is 29.3. The van der Waals surface area contributed by atoms with Crippen molar-refractivity contribution in [2.75, 3.05) is 0 Å². The van der Waals surface area contributed by atoms with Crippen molar-refractivity contribution < 1.29 is 19.6 Å². The third-order valence-corrected chi connectivity index (χ3v) is 7.36. The first kappa shape index (κ1) is 26.2. The van der Waals surface area contributed by atoms with Crippen molar-refractivity contribution >= 4 is 55.2 Å². The molecule has 0 aliphatic heterocycles. The van der Waals surface area contributed by atoms with E-state index in [-0.39, 0.29) is 27.9 Å². The van der Waals surface area contributed by atoms with E-state index in [1.807, 2.05) is 0 Å². The molecule has 0 saturated carbocycles. The SMILES string of the molecule is Cc1ccc2c(ccc3ccc4ccccc4c32)c1.O=C1c2cc([N+](=O)[O-])ccc2-c2c1cc([N+](=O)[O-])cc2[N+](=O)[O-]. The molecule has 1 aliphatic carbocycles. The van der Waals surface area contributed by atoms with Gasteiger partial charge in [0.25, 0.3) is 17.1 Å². The molecule has 0 atom stereocenters. The normalized spacial score (nSPS) is 11.6. The molecule has 0 bridgehead atoms. The second kappa shape index (κ2) is 9.86. The monoisotopic (exact) mass is 557 g/mol. The number of hydrogen-bond donors (Lipinski definition) is 0. The van der Waals surface area contributed by atoms with Gasteiger partial charge in [0.1, 0.15) is 0 Å². The van der Waals surface area contributed by atoms with Crippen LogP contribution < -0.4 is 0 Å². The van der Waals surface area contributed by atoms with Crippen molar-refractivity contribution in [1.29, 1.82) is 0 Å². The predicted molar refractivity (Wildman–Crippen MR) is 159 cm³/mol. The molecular formula is C32H19N3O7. The van der Waals surface area contributed by atoms with Gasteiger partial charge in [0.15, 0.2) is 5.78 Å². The molecule has 0 unspecified atom stereocenters. The van der Waals surface area contributed by atoms with E-state index in [4.69, 9.17) is 0 Å². The maximum absolute atomic E-state index is 12.3. The van der Waals surface area contributed by atoms with E-state index in [1.165, 1.54) is 43.9 Å². The van der Waals surface area contributed by atoms with Gasteiger partial charge in [-0.2, -0.15) is 0 Å². The number of ketones is 1. The third-order valence-electron chi connectivity index (χ3n) is 7.36. The van der Waals surface area contributed by atoms with E-state index >= 15 is 0 Å². The molecule has 0 aromatic heterocycles. The molecular weight excluding hydrogens is 538 g/mol. The van der Waals surface area contributed by atoms with Crippen LogP contribution in [-0.4, -0.2) is 20.6 Å². The van der Waals surface area contributed by atoms with Crippen molar-refractivity contribution in [2.24, 2.45) is 0 Å². The number of hydrogen-bond acceptors (Lipinski definition) is 7. The molecule has 0 saturated heterocycles. The van der Waals surface area contributed by atoms with Gasteiger partial charge in [-0.3, -0.25) is 35.1 Å². The summed E-state index contributed by atoms with van der Waals surface area (Å²) in [4.78, 5) is 42.8. The number of carbonyl (C=O) groups is 1. The van der Waals surface area contributed by atoms with Gasteiger partial charge >= 0.3 is 0 Å². The molecule has 0 radical (unpaired) electrons. The van der Waals surface area contributed by atoms with Gasteiger partial charge in [-0.05, 0) is 45.3 Å². The van der Waals surface area contributed by atoms with Crippen LogP contribution in [-0.2, 0) is 0 Å². The number of fused-ring (bicyclic) bond motifs is 8. The van der Waals surface area contributed by atoms with Crippen LogP contribution in [0.1, 0.15) is 21.5 Å². The van der Waals surface area contributed by atoms with Gasteiger partial charge in [0.2, 0.25) is 0 Å². The minimum absolute atomic E-state index is 0.0597. The van der Waals surface area contributed by atoms with Crippen LogP contribution in [0.4, 0.5) is 17.1 Å². The highest BCUT2D eigenvalue weighted by atomic mass is 16.6. The van der Waals surface area contributed by atoms with Crippen LogP contribution in [0.15, 0.2) is 97.1 Å². The van der Waals surface area contributed by atoms with Gasteiger partial charge in [0, 0.05) is 34.9 Å². The van der Waals surface area contributed by atoms with Crippen LogP contribution in [0, 0.1) is 37.3 Å². The molecule has 0 N–H and O–H groups in total. The Hall–Kier alpha value is -6.03. The molecule has 6 aromatic rings. The van der Waals surface area contributed by atoms with E-state index in [1.54, 1.807) is 0 Å². The number of nitro benzene ring substituents is 3. The molecule has 10 nitrogen and oxygen atoms in total. The number of rotatable bonds is 3. The Kier molecular flexibility index (Phi) is 6.15. The lowest BCUT2D eigenvalue weighted by molar-refractivity contribution is -0.393. The summed E-state index contributed by atoms with van der Waals surface area (Å²) in [6.07, 6.45) is 0. The highest BCUT2D eigenvalue weighted by Crippen LogP contribution is 2.45. The van der Waals surface area contributed by atoms with Crippen molar-refractivity contribution in [3.63, 3.8) is 0 Å². The molecule has 0 spiro atoms. The van der Waals surface area contributed by atoms with Crippen LogP contribution >= 0.6 is 0 Å². The third kappa shape index (κ3) is 4.27. The smallest absolute Gasteiger partial charge is 0.284 e. The first-order chi connectivity index (χ1) is 20.1. The Morgan fingerprint density at radius 2 is 1.19 bits per heavy atom. The summed E-state index contributed by atoms with van der Waals surface area (Å²) < 4.78 is 0. The van der Waals surface area contributed by atoms with E-state index in [9.17, 15) is 35.1 Å². The number of nitrogens with zero attached hydrogens (tertiary/aromatic N) is 3. The van der Waals surface area contributed by atoms with E-state index < -0.39 is 31.9 Å². The zero-order valence-corrected chi connectivity index (χ0v) is 21.9. The molecule has 0 heterocycles. The second-order valence-corrected chi connectivity index (χ2v) is 9.89. The standard InChI is InChI=1S/C19H14.C13H5N3O7/c1-13-6-11-18-16(12-13)10-9-15-8-7-14-4-2-3-5-17(14)19(15)18;17-13-9-3-6(14(18)19)1-2-8(9)12-10(13)4-7(15(20)21)5-11(12)16(22)23/h2-12H,1H3;1-5H. The summed E-state index contributed by atoms with van der Waals surface area (Å²) >= 11 is 0. The van der Waals surface area contributed by atoms with Gasteiger partial charge in [-0.25, -0.2) is 0 Å². The molecule has 10 heteroatoms. The molecule has 0 amide bonds. The van der Waals surface area contributed by atoms with Gasteiger partial charge in [-0.1, -0.05) is 72.3 Å². The van der Waals surface area contributed by atoms with Crippen LogP contribution in [0.5, 0.6) is 0 Å². The van der Waals surface area contributed by atoms with Crippen molar-refractivity contribution in [2.45, 2.75) is 6.92 Å². The van der Waals surface area contributed by atoms with E-state index in [0.29, 0.717) is 0 Å². The molecule has 1 aliphatic rings. The Balaban J connectivity index is 0.000000153. The first-order valence-electron chi connectivity index (χ1n) is 12.7. The van der Waals surface area contributed by atoms with Gasteiger partial charge in [-0.15, -0.1) is 0 Å². The summed E-state index contributed by atoms with van der Waals surface area (Å²) in [5, 5.41) is 40.9. The zero-order chi connectivity index (χ0) is 29.7. The fraction of sp³-hybridized carbons (Fsp3) is 0.0312. The highest BCUT2D eigenvalue weighted by molar-refractivity contribution is 6.24. The Morgan fingerprint density at radius 1 is 0.548 bits per heavy atom. The number of non-ortho nitro benzene ring substituents is 2. The van der Waals surface area contributed by atoms with Crippen LogP contribution in [0.2, 0.25) is 0 Å². The minimum Gasteiger partial charge on any atom is -0.289 e. The minimum atomic E-state index is -0.841. The van der Waals surface area contributed by atoms with Crippen molar-refractivity contribution in [3.8, 4) is 11.1 Å². The Morgan fingerprint density at radius 3 is 1.90 bits per heavy atom. The van der Waals surface area contributed by atoms with E-state index in [0.717, 1.165) is 24.3 Å². The van der Waals surface area contributed by atoms with Crippen molar-refractivity contribution in [1.82, 2.24) is 0 Å². The second-order valence-electron chi connectivity index (χ2n) is 9.89. The summed E-state index contributed by atoms with van der Waals surface area (Å²) in [5.74, 6) is -0.717. The van der Waals surface area contributed by atoms with Gasteiger partial charge in [0.05, 0.1) is 26.4 Å². The van der Waals surface area contributed by atoms with Crippen molar-refractivity contribution in [3.05, 3.63) is 144 Å². The lowest BCUT2D eigenvalue weighted by Crippen LogP contribution is -2.00. The summed E-state index contributed by atoms with van der Waals surface area (Å²) in [7, 11) is 0. The number of carbonyl (C=O) groups excluding carboxylic acids is 1. The van der Waals surface area contributed by atoms with E-state index in [2.05, 4.69) is 73.7 Å². The van der Waals surface area contributed by atoms with Crippen LogP contribution in [0.25, 0.3) is 43.4 Å². The Labute approximate surface area is 236 Å². The first-order valence-corrected chi connectivity index (χ1v) is 12.7. The predicted octanol–water partition coefficient (Wildman–Crippen LogP) is 8.08. The average molecular weight is 558 g/mol. The molecule has 204 valence electrons. The zero-order valence-electron chi connectivity index (χ0n) is 21.9.